The average Bonchev–Trinajstić information content (AvgIpc) is 2.98. The summed E-state index contributed by atoms with van der Waals surface area (Å²) < 4.78 is 11.1. The van der Waals surface area contributed by atoms with E-state index in [1.807, 2.05) is 0 Å². The van der Waals surface area contributed by atoms with Crippen LogP contribution >= 0.6 is 23.2 Å². The number of unbranched alkanes of at least 4 members (excludes halogenated alkanes) is 8. The van der Waals surface area contributed by atoms with Crippen LogP contribution in [0.4, 0.5) is 0 Å². The summed E-state index contributed by atoms with van der Waals surface area (Å²) in [6, 6.07) is 17.0. The topological polar surface area (TPSA) is 94.1 Å². The van der Waals surface area contributed by atoms with Gasteiger partial charge in [-0.3, -0.25) is 4.79 Å². The van der Waals surface area contributed by atoms with Crippen molar-refractivity contribution >= 4 is 47.3 Å². The van der Waals surface area contributed by atoms with Crippen LogP contribution in [0.1, 0.15) is 97.4 Å². The quantitative estimate of drug-likeness (QED) is 0.0574. The molecule has 0 aliphatic heterocycles. The number of nitrogens with zero attached hydrogens (tertiary/aromatic N) is 1. The lowest BCUT2D eigenvalue weighted by Gasteiger charge is -2.11. The molecule has 3 aromatic carbocycles. The van der Waals surface area contributed by atoms with Crippen LogP contribution in [0.25, 0.3) is 0 Å². The zero-order valence-corrected chi connectivity index (χ0v) is 25.3. The molecule has 1 N–H and O–H groups in total. The highest BCUT2D eigenvalue weighted by Crippen LogP contribution is 2.26. The molecule has 9 heteroatoms. The fraction of sp³-hybridized carbons (Fsp3) is 0.333. The Labute approximate surface area is 257 Å². The first kappa shape index (κ1) is 32.8. The number of nitrogens with one attached hydrogen (secondary N) is 1. The molecule has 3 rings (SSSR count). The van der Waals surface area contributed by atoms with E-state index >= 15 is 0 Å². The Bertz CT molecular complexity index is 1340. The van der Waals surface area contributed by atoms with Gasteiger partial charge in [-0.1, -0.05) is 81.5 Å². The van der Waals surface area contributed by atoms with E-state index in [-0.39, 0.29) is 23.0 Å². The van der Waals surface area contributed by atoms with E-state index in [0.717, 1.165) is 19.3 Å². The standard InChI is InChI=1S/C33H36Cl2N2O5/c1-2-3-4-5-6-7-8-9-10-11-31(38)37-36-23-26-16-21-29(41-32(39)24-12-17-27(34)18-13-24)22-30(26)42-33(40)25-14-19-28(35)20-15-25/h12-23H,2-11H2,1H3,(H,37,38). The smallest absolute Gasteiger partial charge is 0.343 e. The second-order valence-electron chi connectivity index (χ2n) is 9.86. The van der Waals surface area contributed by atoms with Gasteiger partial charge in [0.15, 0.2) is 0 Å². The number of carbonyl (C=O) groups excluding carboxylic acids is 3. The fourth-order valence-electron chi connectivity index (χ4n) is 4.10. The molecule has 0 fully saturated rings. The molecule has 0 heterocycles. The first-order chi connectivity index (χ1) is 20.4. The lowest BCUT2D eigenvalue weighted by atomic mass is 10.1. The highest BCUT2D eigenvalue weighted by molar-refractivity contribution is 6.31. The average molecular weight is 612 g/mol. The third-order valence-corrected chi connectivity index (χ3v) is 6.96. The van der Waals surface area contributed by atoms with Gasteiger partial charge in [-0.25, -0.2) is 15.0 Å². The van der Waals surface area contributed by atoms with Crippen LogP contribution in [0.3, 0.4) is 0 Å². The van der Waals surface area contributed by atoms with Crippen molar-refractivity contribution in [1.29, 1.82) is 0 Å². The number of carbonyl (C=O) groups is 3. The summed E-state index contributed by atoms with van der Waals surface area (Å²) in [6.45, 7) is 2.21. The second-order valence-corrected chi connectivity index (χ2v) is 10.7. The van der Waals surface area contributed by atoms with Crippen LogP contribution in [0, 0.1) is 0 Å². The van der Waals surface area contributed by atoms with Gasteiger partial charge >= 0.3 is 11.9 Å². The molecule has 0 saturated carbocycles. The van der Waals surface area contributed by atoms with Crippen molar-refractivity contribution < 1.29 is 23.9 Å². The predicted octanol–water partition coefficient (Wildman–Crippen LogP) is 8.80. The summed E-state index contributed by atoms with van der Waals surface area (Å²) in [7, 11) is 0. The molecule has 1 amide bonds. The van der Waals surface area contributed by atoms with Gasteiger partial charge in [0.05, 0.1) is 17.3 Å². The molecule has 0 unspecified atom stereocenters. The van der Waals surface area contributed by atoms with Gasteiger partial charge in [-0.05, 0) is 67.1 Å². The van der Waals surface area contributed by atoms with Crippen molar-refractivity contribution in [2.45, 2.75) is 71.1 Å². The Morgan fingerprint density at radius 3 is 1.81 bits per heavy atom. The number of hydrogen-bond acceptors (Lipinski definition) is 6. The van der Waals surface area contributed by atoms with Gasteiger partial charge in [0, 0.05) is 28.1 Å². The van der Waals surface area contributed by atoms with Crippen LogP contribution in [0.5, 0.6) is 11.5 Å². The van der Waals surface area contributed by atoms with Gasteiger partial charge in [0.1, 0.15) is 11.5 Å². The highest BCUT2D eigenvalue weighted by Gasteiger charge is 2.15. The van der Waals surface area contributed by atoms with E-state index in [1.54, 1.807) is 48.5 Å². The monoisotopic (exact) mass is 610 g/mol. The maximum absolute atomic E-state index is 12.8. The Morgan fingerprint density at radius 2 is 1.24 bits per heavy atom. The molecule has 0 saturated heterocycles. The van der Waals surface area contributed by atoms with Gasteiger partial charge in [-0.15, -0.1) is 0 Å². The number of hydrogen-bond donors (Lipinski definition) is 1. The van der Waals surface area contributed by atoms with Crippen molar-refractivity contribution in [3.63, 3.8) is 0 Å². The zero-order valence-electron chi connectivity index (χ0n) is 23.7. The Hall–Kier alpha value is -3.68. The minimum atomic E-state index is -0.642. The van der Waals surface area contributed by atoms with Crippen LogP contribution in [-0.2, 0) is 4.79 Å². The normalized spacial score (nSPS) is 10.9. The summed E-state index contributed by atoms with van der Waals surface area (Å²) in [6.07, 6.45) is 12.3. The van der Waals surface area contributed by atoms with Crippen molar-refractivity contribution in [1.82, 2.24) is 5.43 Å². The molecule has 0 aliphatic rings. The Balaban J connectivity index is 1.60. The van der Waals surface area contributed by atoms with E-state index < -0.39 is 11.9 Å². The highest BCUT2D eigenvalue weighted by atomic mass is 35.5. The molecule has 42 heavy (non-hydrogen) atoms. The fourth-order valence-corrected chi connectivity index (χ4v) is 4.35. The summed E-state index contributed by atoms with van der Waals surface area (Å²) in [5.41, 5.74) is 3.51. The number of benzene rings is 3. The number of amides is 1. The SMILES string of the molecule is CCCCCCCCCCCC(=O)NN=Cc1ccc(OC(=O)c2ccc(Cl)cc2)cc1OC(=O)c1ccc(Cl)cc1. The summed E-state index contributed by atoms with van der Waals surface area (Å²) in [5.74, 6) is -1.19. The number of ether oxygens (including phenoxy) is 2. The van der Waals surface area contributed by atoms with Crippen molar-refractivity contribution in [3.05, 3.63) is 93.5 Å². The van der Waals surface area contributed by atoms with E-state index in [2.05, 4.69) is 17.5 Å². The lowest BCUT2D eigenvalue weighted by molar-refractivity contribution is -0.121. The molecule has 0 aromatic heterocycles. The minimum Gasteiger partial charge on any atom is -0.423 e. The van der Waals surface area contributed by atoms with Gasteiger partial charge in [0.25, 0.3) is 0 Å². The molecule has 0 radical (unpaired) electrons. The minimum absolute atomic E-state index is 0.0910. The molecular formula is C33H36Cl2N2O5. The van der Waals surface area contributed by atoms with Crippen LogP contribution in [0.2, 0.25) is 10.0 Å². The van der Waals surface area contributed by atoms with Crippen molar-refractivity contribution in [3.8, 4) is 11.5 Å². The first-order valence-corrected chi connectivity index (χ1v) is 15.0. The van der Waals surface area contributed by atoms with Gasteiger partial charge in [-0.2, -0.15) is 5.10 Å². The largest absolute Gasteiger partial charge is 0.423 e. The number of hydrazone groups is 1. The third-order valence-electron chi connectivity index (χ3n) is 6.46. The number of esters is 2. The molecule has 0 bridgehead atoms. The molecule has 0 atom stereocenters. The Kier molecular flexibility index (Phi) is 14.1. The maximum atomic E-state index is 12.8. The molecule has 7 nitrogen and oxygen atoms in total. The predicted molar refractivity (Wildman–Crippen MR) is 167 cm³/mol. The summed E-state index contributed by atoms with van der Waals surface area (Å²) in [4.78, 5) is 37.6. The third kappa shape index (κ3) is 11.7. The maximum Gasteiger partial charge on any atom is 0.343 e. The lowest BCUT2D eigenvalue weighted by Crippen LogP contribution is -2.17. The van der Waals surface area contributed by atoms with Crippen LogP contribution < -0.4 is 14.9 Å². The second kappa shape index (κ2) is 18.0. The van der Waals surface area contributed by atoms with E-state index in [1.165, 1.54) is 62.9 Å². The summed E-state index contributed by atoms with van der Waals surface area (Å²) >= 11 is 11.8. The Morgan fingerprint density at radius 1 is 0.714 bits per heavy atom. The van der Waals surface area contributed by atoms with Crippen molar-refractivity contribution in [2.75, 3.05) is 0 Å². The molecule has 3 aromatic rings. The molecular weight excluding hydrogens is 575 g/mol. The first-order valence-electron chi connectivity index (χ1n) is 14.3. The summed E-state index contributed by atoms with van der Waals surface area (Å²) in [5, 5.41) is 5.02. The van der Waals surface area contributed by atoms with Crippen molar-refractivity contribution in [2.24, 2.45) is 5.10 Å². The van der Waals surface area contributed by atoms with Gasteiger partial charge in [0.2, 0.25) is 5.91 Å². The van der Waals surface area contributed by atoms with Crippen LogP contribution in [0.15, 0.2) is 71.8 Å². The molecule has 0 aliphatic carbocycles. The van der Waals surface area contributed by atoms with E-state index in [0.29, 0.717) is 27.6 Å². The number of rotatable bonds is 16. The van der Waals surface area contributed by atoms with E-state index in [4.69, 9.17) is 32.7 Å². The zero-order chi connectivity index (χ0) is 30.2. The van der Waals surface area contributed by atoms with Gasteiger partial charge < -0.3 is 9.47 Å². The molecule has 222 valence electrons. The van der Waals surface area contributed by atoms with E-state index in [9.17, 15) is 14.4 Å². The molecule has 0 spiro atoms. The number of halogens is 2. The van der Waals surface area contributed by atoms with Crippen LogP contribution in [-0.4, -0.2) is 24.1 Å².